The molecule has 0 aromatic heterocycles. The summed E-state index contributed by atoms with van der Waals surface area (Å²) in [5.41, 5.74) is 0. The number of fused-ring (bicyclic) bond motifs is 1. The van der Waals surface area contributed by atoms with Crippen molar-refractivity contribution in [3.05, 3.63) is 0 Å². The van der Waals surface area contributed by atoms with Crippen LogP contribution >= 0.6 is 0 Å². The van der Waals surface area contributed by atoms with E-state index in [1.54, 1.807) is 0 Å². The highest BCUT2D eigenvalue weighted by Gasteiger charge is 2.43. The smallest absolute Gasteiger partial charge is 0.0102 e. The molecule has 1 aliphatic carbocycles. The van der Waals surface area contributed by atoms with Crippen LogP contribution in [0.1, 0.15) is 46.0 Å². The standard InChI is InChI=1S/C15H28N2/c1-12(2)17-10-13-8-15(9-14(13)11-17)16-6-4-3-5-7-16/h12-15H,3-11H2,1-2H3/t13-,14+,15?. The molecule has 98 valence electrons. The first-order valence-corrected chi connectivity index (χ1v) is 7.72. The number of piperidine rings is 1. The zero-order valence-electron chi connectivity index (χ0n) is 11.6. The zero-order valence-corrected chi connectivity index (χ0v) is 11.6. The molecular formula is C15H28N2. The summed E-state index contributed by atoms with van der Waals surface area (Å²) in [7, 11) is 0. The fourth-order valence-electron chi connectivity index (χ4n) is 4.31. The van der Waals surface area contributed by atoms with Crippen LogP contribution in [-0.4, -0.2) is 48.1 Å². The van der Waals surface area contributed by atoms with E-state index in [0.29, 0.717) is 0 Å². The summed E-state index contributed by atoms with van der Waals surface area (Å²) in [5, 5.41) is 0. The van der Waals surface area contributed by atoms with Crippen molar-refractivity contribution in [1.29, 1.82) is 0 Å². The lowest BCUT2D eigenvalue weighted by Gasteiger charge is -2.33. The molecule has 0 bridgehead atoms. The zero-order chi connectivity index (χ0) is 11.8. The fraction of sp³-hybridized carbons (Fsp3) is 1.00. The second-order valence-electron chi connectivity index (χ2n) is 6.79. The maximum atomic E-state index is 2.81. The van der Waals surface area contributed by atoms with Crippen LogP contribution in [0, 0.1) is 11.8 Å². The third-order valence-corrected chi connectivity index (χ3v) is 5.39. The van der Waals surface area contributed by atoms with Crippen LogP contribution in [0.5, 0.6) is 0 Å². The highest BCUT2D eigenvalue weighted by molar-refractivity contribution is 4.96. The highest BCUT2D eigenvalue weighted by Crippen LogP contribution is 2.41. The molecular weight excluding hydrogens is 208 g/mol. The Morgan fingerprint density at radius 3 is 2.00 bits per heavy atom. The summed E-state index contributed by atoms with van der Waals surface area (Å²) < 4.78 is 0. The lowest BCUT2D eigenvalue weighted by molar-refractivity contribution is 0.149. The molecule has 0 radical (unpaired) electrons. The number of likely N-dealkylation sites (tertiary alicyclic amines) is 2. The average Bonchev–Trinajstić information content (AvgIpc) is 2.87. The van der Waals surface area contributed by atoms with Gasteiger partial charge in [0, 0.05) is 25.2 Å². The topological polar surface area (TPSA) is 6.48 Å². The van der Waals surface area contributed by atoms with Crippen LogP contribution in [0.25, 0.3) is 0 Å². The van der Waals surface area contributed by atoms with Crippen LogP contribution in [0.2, 0.25) is 0 Å². The molecule has 3 aliphatic rings. The first kappa shape index (κ1) is 12.0. The van der Waals surface area contributed by atoms with E-state index >= 15 is 0 Å². The van der Waals surface area contributed by atoms with Crippen molar-refractivity contribution < 1.29 is 0 Å². The lowest BCUT2D eigenvalue weighted by atomic mass is 10.0. The Morgan fingerprint density at radius 1 is 0.882 bits per heavy atom. The lowest BCUT2D eigenvalue weighted by Crippen LogP contribution is -2.39. The van der Waals surface area contributed by atoms with Gasteiger partial charge < -0.3 is 9.80 Å². The summed E-state index contributed by atoms with van der Waals surface area (Å²) in [6.07, 6.45) is 7.35. The van der Waals surface area contributed by atoms with Gasteiger partial charge in [0.05, 0.1) is 0 Å². The van der Waals surface area contributed by atoms with E-state index in [1.165, 1.54) is 58.3 Å². The van der Waals surface area contributed by atoms with Gasteiger partial charge >= 0.3 is 0 Å². The van der Waals surface area contributed by atoms with Gasteiger partial charge in [-0.2, -0.15) is 0 Å². The SMILES string of the molecule is CC(C)N1C[C@H]2CC(N3CCCCC3)C[C@H]2C1. The van der Waals surface area contributed by atoms with Crippen LogP contribution in [-0.2, 0) is 0 Å². The Hall–Kier alpha value is -0.0800. The molecule has 3 atom stereocenters. The number of hydrogen-bond acceptors (Lipinski definition) is 2. The minimum absolute atomic E-state index is 0.758. The van der Waals surface area contributed by atoms with E-state index in [-0.39, 0.29) is 0 Å². The van der Waals surface area contributed by atoms with E-state index in [2.05, 4.69) is 23.6 Å². The van der Waals surface area contributed by atoms with Gasteiger partial charge in [-0.15, -0.1) is 0 Å². The molecule has 2 heterocycles. The quantitative estimate of drug-likeness (QED) is 0.727. The van der Waals surface area contributed by atoms with Gasteiger partial charge in [-0.3, -0.25) is 0 Å². The second-order valence-corrected chi connectivity index (χ2v) is 6.79. The van der Waals surface area contributed by atoms with Crippen molar-refractivity contribution in [3.63, 3.8) is 0 Å². The first-order valence-electron chi connectivity index (χ1n) is 7.72. The summed E-state index contributed by atoms with van der Waals surface area (Å²) in [6.45, 7) is 10.2. The van der Waals surface area contributed by atoms with Crippen LogP contribution in [0.4, 0.5) is 0 Å². The minimum Gasteiger partial charge on any atom is -0.300 e. The average molecular weight is 236 g/mol. The third kappa shape index (κ3) is 2.39. The molecule has 0 spiro atoms. The van der Waals surface area contributed by atoms with Crippen molar-refractivity contribution >= 4 is 0 Å². The van der Waals surface area contributed by atoms with E-state index in [1.807, 2.05) is 0 Å². The molecule has 0 N–H and O–H groups in total. The molecule has 0 aromatic carbocycles. The first-order chi connectivity index (χ1) is 8.24. The molecule has 3 fully saturated rings. The van der Waals surface area contributed by atoms with Gasteiger partial charge in [0.15, 0.2) is 0 Å². The Morgan fingerprint density at radius 2 is 1.47 bits per heavy atom. The molecule has 1 saturated carbocycles. The number of nitrogens with zero attached hydrogens (tertiary/aromatic N) is 2. The van der Waals surface area contributed by atoms with Crippen molar-refractivity contribution in [2.24, 2.45) is 11.8 Å². The Bertz CT molecular complexity index is 244. The number of hydrogen-bond donors (Lipinski definition) is 0. The Labute approximate surface area is 106 Å². The summed E-state index contributed by atoms with van der Waals surface area (Å²) in [4.78, 5) is 5.50. The van der Waals surface area contributed by atoms with Crippen molar-refractivity contribution in [1.82, 2.24) is 9.80 Å². The Kier molecular flexibility index (Phi) is 3.45. The molecule has 1 unspecified atom stereocenters. The van der Waals surface area contributed by atoms with E-state index in [0.717, 1.165) is 23.9 Å². The summed E-state index contributed by atoms with van der Waals surface area (Å²) >= 11 is 0. The van der Waals surface area contributed by atoms with Gasteiger partial charge in [-0.05, 0) is 64.5 Å². The summed E-state index contributed by atoms with van der Waals surface area (Å²) in [5.74, 6) is 2.04. The second kappa shape index (κ2) is 4.89. The molecule has 2 saturated heterocycles. The van der Waals surface area contributed by atoms with Gasteiger partial charge in [-0.1, -0.05) is 6.42 Å². The fourth-order valence-corrected chi connectivity index (χ4v) is 4.31. The van der Waals surface area contributed by atoms with Crippen molar-refractivity contribution in [2.75, 3.05) is 26.2 Å². The van der Waals surface area contributed by atoms with E-state index in [4.69, 9.17) is 0 Å². The van der Waals surface area contributed by atoms with Gasteiger partial charge in [0.25, 0.3) is 0 Å². The normalized spacial score (nSPS) is 40.1. The van der Waals surface area contributed by atoms with E-state index < -0.39 is 0 Å². The molecule has 2 heteroatoms. The summed E-state index contributed by atoms with van der Waals surface area (Å²) in [6, 6.07) is 1.70. The van der Waals surface area contributed by atoms with Crippen molar-refractivity contribution in [2.45, 2.75) is 58.0 Å². The number of rotatable bonds is 2. The minimum atomic E-state index is 0.758. The highest BCUT2D eigenvalue weighted by atomic mass is 15.2. The van der Waals surface area contributed by atoms with Crippen molar-refractivity contribution in [3.8, 4) is 0 Å². The Balaban J connectivity index is 1.54. The molecule has 0 amide bonds. The maximum absolute atomic E-state index is 2.81. The molecule has 0 aromatic rings. The largest absolute Gasteiger partial charge is 0.300 e. The van der Waals surface area contributed by atoms with E-state index in [9.17, 15) is 0 Å². The molecule has 17 heavy (non-hydrogen) atoms. The predicted molar refractivity (Wildman–Crippen MR) is 72.1 cm³/mol. The monoisotopic (exact) mass is 236 g/mol. The van der Waals surface area contributed by atoms with Crippen LogP contribution in [0.3, 0.4) is 0 Å². The molecule has 2 nitrogen and oxygen atoms in total. The maximum Gasteiger partial charge on any atom is 0.0102 e. The van der Waals surface area contributed by atoms with Crippen LogP contribution in [0.15, 0.2) is 0 Å². The molecule has 3 rings (SSSR count). The van der Waals surface area contributed by atoms with Gasteiger partial charge in [0.1, 0.15) is 0 Å². The molecule has 2 aliphatic heterocycles. The third-order valence-electron chi connectivity index (χ3n) is 5.39. The van der Waals surface area contributed by atoms with Gasteiger partial charge in [-0.25, -0.2) is 0 Å². The predicted octanol–water partition coefficient (Wildman–Crippen LogP) is 2.59. The van der Waals surface area contributed by atoms with Gasteiger partial charge in [0.2, 0.25) is 0 Å². The van der Waals surface area contributed by atoms with Crippen LogP contribution < -0.4 is 0 Å².